The lowest BCUT2D eigenvalue weighted by molar-refractivity contribution is 0.201. The van der Waals surface area contributed by atoms with Crippen LogP contribution in [0.1, 0.15) is 27.7 Å². The average Bonchev–Trinajstić information content (AvgIpc) is 2.53. The maximum Gasteiger partial charge on any atom is 0.441 e. The minimum absolute atomic E-state index is 0.265. The van der Waals surface area contributed by atoms with Gasteiger partial charge in [0.2, 0.25) is 0 Å². The van der Waals surface area contributed by atoms with Crippen molar-refractivity contribution in [3.63, 3.8) is 0 Å². The van der Waals surface area contributed by atoms with Crippen molar-refractivity contribution in [1.82, 2.24) is 5.32 Å². The number of nitrogens with zero attached hydrogens (tertiary/aromatic N) is 3. The van der Waals surface area contributed by atoms with Gasteiger partial charge in [0.1, 0.15) is 0 Å². The molecule has 0 saturated heterocycles. The normalized spacial score (nSPS) is 14.2. The summed E-state index contributed by atoms with van der Waals surface area (Å²) in [7, 11) is -0.791. The number of benzene rings is 1. The van der Waals surface area contributed by atoms with E-state index in [2.05, 4.69) is 10.3 Å². The molecule has 0 aliphatic rings. The molecule has 0 heterocycles. The molecule has 0 fully saturated rings. The first-order chi connectivity index (χ1) is 11.6. The van der Waals surface area contributed by atoms with Crippen LogP contribution in [0.25, 0.3) is 0 Å². The SMILES string of the molecule is CCNC(=O)N(c1ccc(N(C)C(C)=NC)cc1)P(=O)(O)OC(C)C. The standard InChI is InChI=1S/C16H27N4O4P/c1-7-18-16(21)20(25(22,23)24-12(2)3)15-10-8-14(9-11-15)19(6)13(4)17-5/h8-12H,7H2,1-6H3,(H,18,21)(H,22,23). The van der Waals surface area contributed by atoms with E-state index in [-0.39, 0.29) is 5.69 Å². The molecule has 9 heteroatoms. The maximum atomic E-state index is 12.6. The number of carbonyl (C=O) groups excluding carboxylic acids is 1. The number of hydrogen-bond donors (Lipinski definition) is 2. The van der Waals surface area contributed by atoms with Gasteiger partial charge in [0.05, 0.1) is 17.6 Å². The third-order valence-corrected chi connectivity index (χ3v) is 5.03. The van der Waals surface area contributed by atoms with Crippen LogP contribution in [0.3, 0.4) is 0 Å². The number of rotatable bonds is 6. The Morgan fingerprint density at radius 1 is 1.32 bits per heavy atom. The van der Waals surface area contributed by atoms with E-state index in [1.54, 1.807) is 52.1 Å². The Kier molecular flexibility index (Phi) is 7.60. The van der Waals surface area contributed by atoms with Crippen molar-refractivity contribution in [1.29, 1.82) is 0 Å². The second-order valence-corrected chi connectivity index (χ2v) is 7.23. The van der Waals surface area contributed by atoms with Gasteiger partial charge in [-0.3, -0.25) is 9.52 Å². The van der Waals surface area contributed by atoms with E-state index in [1.807, 2.05) is 18.9 Å². The summed E-state index contributed by atoms with van der Waals surface area (Å²) < 4.78 is 18.5. The Bertz CT molecular complexity index is 661. The molecule has 140 valence electrons. The highest BCUT2D eigenvalue weighted by Crippen LogP contribution is 2.50. The van der Waals surface area contributed by atoms with Gasteiger partial charge >= 0.3 is 13.8 Å². The molecule has 1 unspecified atom stereocenters. The number of aliphatic imine (C=N–C) groups is 1. The number of amidine groups is 1. The van der Waals surface area contributed by atoms with E-state index in [1.165, 1.54) is 0 Å². The van der Waals surface area contributed by atoms with E-state index in [4.69, 9.17) is 4.52 Å². The molecular weight excluding hydrogens is 343 g/mol. The van der Waals surface area contributed by atoms with Crippen LogP contribution in [0.4, 0.5) is 16.2 Å². The van der Waals surface area contributed by atoms with Gasteiger partial charge in [-0.25, -0.2) is 9.36 Å². The number of amides is 2. The number of anilines is 2. The van der Waals surface area contributed by atoms with Gasteiger partial charge in [0, 0.05) is 26.3 Å². The van der Waals surface area contributed by atoms with Crippen molar-refractivity contribution >= 4 is 31.0 Å². The van der Waals surface area contributed by atoms with Crippen molar-refractivity contribution in [2.45, 2.75) is 33.8 Å². The van der Waals surface area contributed by atoms with Gasteiger partial charge in [0.25, 0.3) is 0 Å². The van der Waals surface area contributed by atoms with Crippen molar-refractivity contribution in [2.24, 2.45) is 4.99 Å². The highest BCUT2D eigenvalue weighted by molar-refractivity contribution is 7.55. The summed E-state index contributed by atoms with van der Waals surface area (Å²) in [6.45, 7) is 7.18. The van der Waals surface area contributed by atoms with Crippen molar-refractivity contribution in [3.05, 3.63) is 24.3 Å². The van der Waals surface area contributed by atoms with Crippen molar-refractivity contribution in [2.75, 3.05) is 30.2 Å². The largest absolute Gasteiger partial charge is 0.441 e. The minimum atomic E-state index is -4.35. The highest BCUT2D eigenvalue weighted by atomic mass is 31.2. The second-order valence-electron chi connectivity index (χ2n) is 5.64. The van der Waals surface area contributed by atoms with Gasteiger partial charge in [0.15, 0.2) is 0 Å². The predicted octanol–water partition coefficient (Wildman–Crippen LogP) is 3.23. The quantitative estimate of drug-likeness (QED) is 0.455. The van der Waals surface area contributed by atoms with Crippen LogP contribution in [0.5, 0.6) is 0 Å². The zero-order chi connectivity index (χ0) is 19.2. The van der Waals surface area contributed by atoms with Crippen LogP contribution in [0.15, 0.2) is 29.3 Å². The Hall–Kier alpha value is -1.89. The van der Waals surface area contributed by atoms with Crippen molar-refractivity contribution in [3.8, 4) is 0 Å². The fourth-order valence-electron chi connectivity index (χ4n) is 2.08. The molecule has 1 aromatic carbocycles. The topological polar surface area (TPSA) is 94.5 Å². The van der Waals surface area contributed by atoms with Crippen LogP contribution in [-0.4, -0.2) is 43.5 Å². The number of carbonyl (C=O) groups is 1. The molecule has 0 aromatic heterocycles. The van der Waals surface area contributed by atoms with E-state index in [9.17, 15) is 14.3 Å². The Labute approximate surface area is 149 Å². The molecular formula is C16H27N4O4P. The molecule has 0 aliphatic heterocycles. The zero-order valence-corrected chi connectivity index (χ0v) is 16.4. The van der Waals surface area contributed by atoms with E-state index in [0.29, 0.717) is 6.54 Å². The fraction of sp³-hybridized carbons (Fsp3) is 0.500. The fourth-order valence-corrected chi connectivity index (χ4v) is 3.45. The van der Waals surface area contributed by atoms with Crippen LogP contribution in [0, 0.1) is 0 Å². The van der Waals surface area contributed by atoms with Crippen LogP contribution in [-0.2, 0) is 9.09 Å². The average molecular weight is 370 g/mol. The first-order valence-corrected chi connectivity index (χ1v) is 9.53. The van der Waals surface area contributed by atoms with Crippen LogP contribution >= 0.6 is 7.75 Å². The van der Waals surface area contributed by atoms with Gasteiger partial charge in [-0.05, 0) is 52.0 Å². The third-order valence-electron chi connectivity index (χ3n) is 3.41. The smallest absolute Gasteiger partial charge is 0.338 e. The summed E-state index contributed by atoms with van der Waals surface area (Å²) >= 11 is 0. The number of nitrogens with one attached hydrogen (secondary N) is 1. The Morgan fingerprint density at radius 3 is 2.28 bits per heavy atom. The van der Waals surface area contributed by atoms with Crippen LogP contribution in [0.2, 0.25) is 0 Å². The van der Waals surface area contributed by atoms with Gasteiger partial charge in [-0.1, -0.05) is 0 Å². The number of urea groups is 1. The van der Waals surface area contributed by atoms with E-state index >= 15 is 0 Å². The predicted molar refractivity (Wildman–Crippen MR) is 101 cm³/mol. The van der Waals surface area contributed by atoms with Gasteiger partial charge in [-0.2, -0.15) is 4.67 Å². The van der Waals surface area contributed by atoms with Crippen molar-refractivity contribution < 1.29 is 18.8 Å². The highest BCUT2D eigenvalue weighted by Gasteiger charge is 2.36. The second kappa shape index (κ2) is 8.99. The molecule has 1 aromatic rings. The summed E-state index contributed by atoms with van der Waals surface area (Å²) in [5, 5.41) is 2.53. The molecule has 0 radical (unpaired) electrons. The van der Waals surface area contributed by atoms with E-state index in [0.717, 1.165) is 16.2 Å². The Balaban J connectivity index is 3.23. The summed E-state index contributed by atoms with van der Waals surface area (Å²) in [6, 6.07) is 5.98. The summed E-state index contributed by atoms with van der Waals surface area (Å²) in [4.78, 5) is 28.6. The Morgan fingerprint density at radius 2 is 1.84 bits per heavy atom. The molecule has 25 heavy (non-hydrogen) atoms. The summed E-state index contributed by atoms with van der Waals surface area (Å²) in [6.07, 6.45) is -0.512. The minimum Gasteiger partial charge on any atom is -0.338 e. The zero-order valence-electron chi connectivity index (χ0n) is 15.6. The molecule has 2 amide bonds. The lowest BCUT2D eigenvalue weighted by Gasteiger charge is -2.28. The summed E-state index contributed by atoms with van der Waals surface area (Å²) in [5.74, 6) is 0.810. The number of hydrogen-bond acceptors (Lipinski definition) is 4. The monoisotopic (exact) mass is 370 g/mol. The molecule has 2 N–H and O–H groups in total. The lowest BCUT2D eigenvalue weighted by atomic mass is 10.2. The first-order valence-electron chi connectivity index (χ1n) is 8.00. The molecule has 0 bridgehead atoms. The molecule has 0 aliphatic carbocycles. The first kappa shape index (κ1) is 21.2. The van der Waals surface area contributed by atoms with Gasteiger partial charge in [-0.15, -0.1) is 0 Å². The van der Waals surface area contributed by atoms with Crippen LogP contribution < -0.4 is 14.9 Å². The third kappa shape index (κ3) is 5.56. The summed E-state index contributed by atoms with van der Waals surface area (Å²) in [5.41, 5.74) is 1.10. The lowest BCUT2D eigenvalue weighted by Crippen LogP contribution is -2.38. The molecule has 1 atom stereocenters. The van der Waals surface area contributed by atoms with Gasteiger partial charge < -0.3 is 15.1 Å². The molecule has 0 spiro atoms. The molecule has 8 nitrogen and oxygen atoms in total. The maximum absolute atomic E-state index is 12.6. The van der Waals surface area contributed by atoms with E-state index < -0.39 is 19.9 Å². The molecule has 1 rings (SSSR count). The molecule has 0 saturated carbocycles.